The number of ether oxygens (including phenoxy) is 2. The molecule has 0 saturated heterocycles. The van der Waals surface area contributed by atoms with Crippen LogP contribution in [0.25, 0.3) is 0 Å². The van der Waals surface area contributed by atoms with Crippen LogP contribution in [0.15, 0.2) is 0 Å². The second-order valence-electron chi connectivity index (χ2n) is 1.96. The van der Waals surface area contributed by atoms with Gasteiger partial charge in [0, 0.05) is 5.88 Å². The highest BCUT2D eigenvalue weighted by Gasteiger charge is 2.00. The monoisotopic (exact) mass is 214 g/mol. The Morgan fingerprint density at radius 3 is 2.33 bits per heavy atom. The molecule has 0 bridgehead atoms. The highest BCUT2D eigenvalue weighted by Crippen LogP contribution is 1.89. The quantitative estimate of drug-likeness (QED) is 0.366. The van der Waals surface area contributed by atoms with Crippen molar-refractivity contribution in [2.24, 2.45) is 0 Å². The summed E-state index contributed by atoms with van der Waals surface area (Å²) in [6, 6.07) is 0. The van der Waals surface area contributed by atoms with Crippen LogP contribution in [0.1, 0.15) is 6.42 Å². The first-order valence-electron chi connectivity index (χ1n) is 3.66. The standard InChI is InChI=1S/C7H12Cl2O3/c8-2-5-11-4-1-7(10)12-6-3-9/h1-6H2. The minimum Gasteiger partial charge on any atom is -0.464 e. The first-order chi connectivity index (χ1) is 5.81. The van der Waals surface area contributed by atoms with Gasteiger partial charge in [-0.3, -0.25) is 4.79 Å². The summed E-state index contributed by atoms with van der Waals surface area (Å²) < 4.78 is 9.66. The van der Waals surface area contributed by atoms with E-state index < -0.39 is 0 Å². The smallest absolute Gasteiger partial charge is 0.308 e. The van der Waals surface area contributed by atoms with Crippen LogP contribution in [0, 0.1) is 0 Å². The topological polar surface area (TPSA) is 35.5 Å². The normalized spacial score (nSPS) is 9.83. The molecule has 0 atom stereocenters. The molecular formula is C7H12Cl2O3. The molecule has 0 aliphatic rings. The maximum absolute atomic E-state index is 10.8. The van der Waals surface area contributed by atoms with Gasteiger partial charge in [-0.15, -0.1) is 23.2 Å². The van der Waals surface area contributed by atoms with E-state index >= 15 is 0 Å². The number of rotatable bonds is 7. The van der Waals surface area contributed by atoms with Crippen molar-refractivity contribution in [2.75, 3.05) is 31.6 Å². The molecule has 0 rings (SSSR count). The summed E-state index contributed by atoms with van der Waals surface area (Å²) in [6.07, 6.45) is 0.258. The van der Waals surface area contributed by atoms with Crippen LogP contribution in [0.4, 0.5) is 0 Å². The van der Waals surface area contributed by atoms with E-state index in [1.54, 1.807) is 0 Å². The Morgan fingerprint density at radius 2 is 1.75 bits per heavy atom. The van der Waals surface area contributed by atoms with Crippen molar-refractivity contribution in [3.8, 4) is 0 Å². The van der Waals surface area contributed by atoms with Gasteiger partial charge in [0.25, 0.3) is 0 Å². The molecule has 0 fully saturated rings. The zero-order valence-electron chi connectivity index (χ0n) is 6.72. The van der Waals surface area contributed by atoms with Crippen molar-refractivity contribution in [1.82, 2.24) is 0 Å². The number of alkyl halides is 2. The summed E-state index contributed by atoms with van der Waals surface area (Å²) in [5.41, 5.74) is 0. The molecule has 5 heteroatoms. The molecule has 0 spiro atoms. The zero-order valence-corrected chi connectivity index (χ0v) is 8.24. The molecule has 0 radical (unpaired) electrons. The fourth-order valence-corrected chi connectivity index (χ4v) is 0.723. The number of hydrogen-bond donors (Lipinski definition) is 0. The van der Waals surface area contributed by atoms with Crippen molar-refractivity contribution >= 4 is 29.2 Å². The van der Waals surface area contributed by atoms with Gasteiger partial charge in [0.05, 0.1) is 25.5 Å². The summed E-state index contributed by atoms with van der Waals surface area (Å²) in [4.78, 5) is 10.8. The van der Waals surface area contributed by atoms with E-state index in [0.717, 1.165) is 0 Å². The molecule has 0 aromatic heterocycles. The molecular weight excluding hydrogens is 203 g/mol. The minimum atomic E-state index is -0.287. The van der Waals surface area contributed by atoms with Crippen LogP contribution in [0.3, 0.4) is 0 Å². The number of carbonyl (C=O) groups excluding carboxylic acids is 1. The molecule has 0 heterocycles. The SMILES string of the molecule is O=C(CCOCCCl)OCCCl. The molecule has 0 aliphatic carbocycles. The fraction of sp³-hybridized carbons (Fsp3) is 0.857. The highest BCUT2D eigenvalue weighted by molar-refractivity contribution is 6.18. The Bertz CT molecular complexity index is 119. The second-order valence-corrected chi connectivity index (χ2v) is 2.72. The average molecular weight is 215 g/mol. The van der Waals surface area contributed by atoms with Crippen molar-refractivity contribution in [3.05, 3.63) is 0 Å². The van der Waals surface area contributed by atoms with Gasteiger partial charge in [-0.1, -0.05) is 0 Å². The van der Waals surface area contributed by atoms with E-state index in [4.69, 9.17) is 27.9 Å². The molecule has 0 aliphatic heterocycles. The van der Waals surface area contributed by atoms with Crippen molar-refractivity contribution in [2.45, 2.75) is 6.42 Å². The lowest BCUT2D eigenvalue weighted by molar-refractivity contribution is -0.144. The third-order valence-electron chi connectivity index (χ3n) is 1.01. The van der Waals surface area contributed by atoms with Gasteiger partial charge in [0.15, 0.2) is 0 Å². The van der Waals surface area contributed by atoms with Gasteiger partial charge in [-0.05, 0) is 0 Å². The summed E-state index contributed by atoms with van der Waals surface area (Å²) >= 11 is 10.6. The van der Waals surface area contributed by atoms with E-state index in [-0.39, 0.29) is 19.0 Å². The van der Waals surface area contributed by atoms with Gasteiger partial charge in [0.2, 0.25) is 0 Å². The Labute approximate surface area is 81.9 Å². The third-order valence-corrected chi connectivity index (χ3v) is 1.32. The predicted molar refractivity (Wildman–Crippen MR) is 47.8 cm³/mol. The molecule has 0 saturated carbocycles. The van der Waals surface area contributed by atoms with Crippen LogP contribution >= 0.6 is 23.2 Å². The zero-order chi connectivity index (χ0) is 9.23. The molecule has 0 unspecified atom stereocenters. The number of hydrogen-bond acceptors (Lipinski definition) is 3. The van der Waals surface area contributed by atoms with Gasteiger partial charge < -0.3 is 9.47 Å². The maximum Gasteiger partial charge on any atom is 0.308 e. The Hall–Kier alpha value is 0.01000. The lowest BCUT2D eigenvalue weighted by atomic mass is 10.5. The van der Waals surface area contributed by atoms with E-state index in [1.165, 1.54) is 0 Å². The first-order valence-corrected chi connectivity index (χ1v) is 4.73. The van der Waals surface area contributed by atoms with Gasteiger partial charge in [0.1, 0.15) is 6.61 Å². The number of halogens is 2. The lowest BCUT2D eigenvalue weighted by Crippen LogP contribution is -2.10. The summed E-state index contributed by atoms with van der Waals surface area (Å²) in [5.74, 6) is 0.482. The van der Waals surface area contributed by atoms with E-state index in [1.807, 2.05) is 0 Å². The first kappa shape index (κ1) is 12.0. The number of carbonyl (C=O) groups is 1. The predicted octanol–water partition coefficient (Wildman–Crippen LogP) is 1.41. The van der Waals surface area contributed by atoms with Crippen LogP contribution < -0.4 is 0 Å². The lowest BCUT2D eigenvalue weighted by Gasteiger charge is -2.02. The fourth-order valence-electron chi connectivity index (χ4n) is 0.537. The third kappa shape index (κ3) is 8.11. The summed E-state index contributed by atoms with van der Waals surface area (Å²) in [5, 5.41) is 0. The molecule has 72 valence electrons. The summed E-state index contributed by atoms with van der Waals surface area (Å²) in [6.45, 7) is 1.08. The van der Waals surface area contributed by atoms with E-state index in [9.17, 15) is 4.79 Å². The molecule has 0 amide bonds. The molecule has 0 aromatic rings. The number of esters is 1. The van der Waals surface area contributed by atoms with Gasteiger partial charge in [-0.2, -0.15) is 0 Å². The van der Waals surface area contributed by atoms with Crippen LogP contribution in [-0.2, 0) is 14.3 Å². The maximum atomic E-state index is 10.8. The average Bonchev–Trinajstić information content (AvgIpc) is 2.09. The molecule has 3 nitrogen and oxygen atoms in total. The van der Waals surface area contributed by atoms with Gasteiger partial charge in [-0.25, -0.2) is 0 Å². The molecule has 12 heavy (non-hydrogen) atoms. The Kier molecular flexibility index (Phi) is 9.11. The second kappa shape index (κ2) is 9.10. The van der Waals surface area contributed by atoms with Crippen LogP contribution in [0.2, 0.25) is 0 Å². The highest BCUT2D eigenvalue weighted by atomic mass is 35.5. The van der Waals surface area contributed by atoms with Crippen LogP contribution in [-0.4, -0.2) is 37.5 Å². The molecule has 0 N–H and O–H groups in total. The molecule has 0 aromatic carbocycles. The van der Waals surface area contributed by atoms with E-state index in [2.05, 4.69) is 4.74 Å². The summed E-state index contributed by atoms with van der Waals surface area (Å²) in [7, 11) is 0. The van der Waals surface area contributed by atoms with Gasteiger partial charge >= 0.3 is 5.97 Å². The van der Waals surface area contributed by atoms with Crippen molar-refractivity contribution in [1.29, 1.82) is 0 Å². The van der Waals surface area contributed by atoms with Crippen LogP contribution in [0.5, 0.6) is 0 Å². The van der Waals surface area contributed by atoms with E-state index in [0.29, 0.717) is 25.0 Å². The van der Waals surface area contributed by atoms with Crippen molar-refractivity contribution in [3.63, 3.8) is 0 Å². The largest absolute Gasteiger partial charge is 0.464 e. The van der Waals surface area contributed by atoms with Crippen molar-refractivity contribution < 1.29 is 14.3 Å². The Morgan fingerprint density at radius 1 is 1.08 bits per heavy atom. The minimum absolute atomic E-state index is 0.258. The Balaban J connectivity index is 3.08.